The van der Waals surface area contributed by atoms with Gasteiger partial charge in [0.15, 0.2) is 0 Å². The van der Waals surface area contributed by atoms with Crippen molar-refractivity contribution in [3.8, 4) is 17.5 Å². The SMILES string of the molecule is N#Cc1ccc2c(c1)nc(-c1ccccc1)n2I. The van der Waals surface area contributed by atoms with Crippen molar-refractivity contribution >= 4 is 33.9 Å². The van der Waals surface area contributed by atoms with Gasteiger partial charge < -0.3 is 0 Å². The van der Waals surface area contributed by atoms with Crippen LogP contribution in [-0.2, 0) is 0 Å². The zero-order chi connectivity index (χ0) is 12.5. The van der Waals surface area contributed by atoms with E-state index in [0.29, 0.717) is 5.56 Å². The van der Waals surface area contributed by atoms with Crippen LogP contribution in [-0.4, -0.2) is 7.76 Å². The molecule has 0 unspecified atom stereocenters. The Labute approximate surface area is 118 Å². The van der Waals surface area contributed by atoms with Crippen molar-refractivity contribution < 1.29 is 0 Å². The van der Waals surface area contributed by atoms with E-state index in [0.717, 1.165) is 22.4 Å². The minimum absolute atomic E-state index is 0.636. The smallest absolute Gasteiger partial charge is 0.150 e. The van der Waals surface area contributed by atoms with Crippen LogP contribution in [0.3, 0.4) is 0 Å². The number of aromatic nitrogens is 2. The van der Waals surface area contributed by atoms with Gasteiger partial charge in [0, 0.05) is 5.56 Å². The number of hydrogen-bond acceptors (Lipinski definition) is 2. The number of benzene rings is 2. The van der Waals surface area contributed by atoms with Crippen molar-refractivity contribution in [1.29, 1.82) is 5.26 Å². The summed E-state index contributed by atoms with van der Waals surface area (Å²) < 4.78 is 2.02. The van der Waals surface area contributed by atoms with Gasteiger partial charge >= 0.3 is 0 Å². The molecule has 1 heterocycles. The highest BCUT2D eigenvalue weighted by molar-refractivity contribution is 14.1. The van der Waals surface area contributed by atoms with Crippen LogP contribution in [0.15, 0.2) is 48.5 Å². The standard InChI is InChI=1S/C14H8IN3/c15-18-13-7-6-10(9-16)8-12(13)17-14(18)11-4-2-1-3-5-11/h1-8H. The molecule has 1 aromatic heterocycles. The predicted molar refractivity (Wildman–Crippen MR) is 79.3 cm³/mol. The quantitative estimate of drug-likeness (QED) is 0.630. The van der Waals surface area contributed by atoms with Gasteiger partial charge in [-0.15, -0.1) is 0 Å². The lowest BCUT2D eigenvalue weighted by Crippen LogP contribution is -1.85. The van der Waals surface area contributed by atoms with Crippen LogP contribution in [0.5, 0.6) is 0 Å². The molecule has 0 amide bonds. The molecule has 3 rings (SSSR count). The zero-order valence-corrected chi connectivity index (χ0v) is 11.5. The molecule has 18 heavy (non-hydrogen) atoms. The van der Waals surface area contributed by atoms with Crippen molar-refractivity contribution in [1.82, 2.24) is 7.76 Å². The predicted octanol–water partition coefficient (Wildman–Crippen LogP) is 3.77. The van der Waals surface area contributed by atoms with Gasteiger partial charge in [0.05, 0.1) is 45.5 Å². The maximum atomic E-state index is 8.90. The lowest BCUT2D eigenvalue weighted by molar-refractivity contribution is 1.31. The molecule has 0 atom stereocenters. The first-order valence-corrected chi connectivity index (χ1v) is 6.40. The van der Waals surface area contributed by atoms with Gasteiger partial charge in [0.2, 0.25) is 0 Å². The van der Waals surface area contributed by atoms with E-state index in [-0.39, 0.29) is 0 Å². The summed E-state index contributed by atoms with van der Waals surface area (Å²) in [6.45, 7) is 0. The Hall–Kier alpha value is -1.87. The van der Waals surface area contributed by atoms with E-state index in [1.165, 1.54) is 0 Å². The summed E-state index contributed by atoms with van der Waals surface area (Å²) in [5, 5.41) is 8.90. The second-order valence-electron chi connectivity index (χ2n) is 3.90. The van der Waals surface area contributed by atoms with E-state index in [9.17, 15) is 0 Å². The van der Waals surface area contributed by atoms with Gasteiger partial charge in [-0.1, -0.05) is 30.3 Å². The molecule has 0 aliphatic heterocycles. The van der Waals surface area contributed by atoms with Crippen molar-refractivity contribution in [2.24, 2.45) is 0 Å². The molecule has 2 aromatic carbocycles. The Kier molecular flexibility index (Phi) is 2.76. The Bertz CT molecular complexity index is 754. The monoisotopic (exact) mass is 345 g/mol. The molecule has 0 saturated carbocycles. The van der Waals surface area contributed by atoms with Crippen LogP contribution in [0.2, 0.25) is 0 Å². The Morgan fingerprint density at radius 1 is 1.11 bits per heavy atom. The van der Waals surface area contributed by atoms with Gasteiger partial charge in [0.1, 0.15) is 5.82 Å². The van der Waals surface area contributed by atoms with Gasteiger partial charge in [-0.3, -0.25) is 2.78 Å². The van der Waals surface area contributed by atoms with Crippen LogP contribution < -0.4 is 0 Å². The molecule has 0 aliphatic carbocycles. The van der Waals surface area contributed by atoms with Crippen LogP contribution >= 0.6 is 22.9 Å². The average Bonchev–Trinajstić information content (AvgIpc) is 2.76. The highest BCUT2D eigenvalue weighted by atomic mass is 127. The summed E-state index contributed by atoms with van der Waals surface area (Å²) >= 11 is 2.23. The molecule has 86 valence electrons. The summed E-state index contributed by atoms with van der Waals surface area (Å²) in [4.78, 5) is 4.60. The third kappa shape index (κ3) is 1.77. The summed E-state index contributed by atoms with van der Waals surface area (Å²) in [6.07, 6.45) is 0. The average molecular weight is 345 g/mol. The number of nitriles is 1. The maximum absolute atomic E-state index is 8.90. The number of halogens is 1. The fraction of sp³-hybridized carbons (Fsp3) is 0. The normalized spacial score (nSPS) is 10.4. The minimum Gasteiger partial charge on any atom is -0.264 e. The molecule has 3 nitrogen and oxygen atoms in total. The Morgan fingerprint density at radius 2 is 1.89 bits per heavy atom. The summed E-state index contributed by atoms with van der Waals surface area (Å²) in [7, 11) is 0. The van der Waals surface area contributed by atoms with E-state index in [4.69, 9.17) is 5.26 Å². The third-order valence-electron chi connectivity index (χ3n) is 2.76. The Balaban J connectivity index is 2.27. The highest BCUT2D eigenvalue weighted by Gasteiger charge is 2.10. The lowest BCUT2D eigenvalue weighted by atomic mass is 10.2. The summed E-state index contributed by atoms with van der Waals surface area (Å²) in [5.74, 6) is 0.904. The largest absolute Gasteiger partial charge is 0.264 e. The van der Waals surface area contributed by atoms with E-state index in [1.807, 2.05) is 51.3 Å². The van der Waals surface area contributed by atoms with Crippen molar-refractivity contribution in [3.63, 3.8) is 0 Å². The van der Waals surface area contributed by atoms with Gasteiger partial charge in [-0.2, -0.15) is 5.26 Å². The molecule has 0 N–H and O–H groups in total. The number of nitrogens with zero attached hydrogens (tertiary/aromatic N) is 3. The molecule has 0 aliphatic rings. The zero-order valence-electron chi connectivity index (χ0n) is 9.34. The molecular formula is C14H8IN3. The molecule has 0 radical (unpaired) electrons. The molecule has 3 aromatic rings. The minimum atomic E-state index is 0.636. The topological polar surface area (TPSA) is 41.6 Å². The first kappa shape index (κ1) is 11.2. The fourth-order valence-electron chi connectivity index (χ4n) is 1.89. The molecule has 0 fully saturated rings. The number of fused-ring (bicyclic) bond motifs is 1. The third-order valence-corrected chi connectivity index (χ3v) is 3.74. The number of hydrogen-bond donors (Lipinski definition) is 0. The van der Waals surface area contributed by atoms with Crippen LogP contribution in [0, 0.1) is 11.3 Å². The Morgan fingerprint density at radius 3 is 2.61 bits per heavy atom. The van der Waals surface area contributed by atoms with Gasteiger partial charge in [-0.25, -0.2) is 4.98 Å². The van der Waals surface area contributed by atoms with Crippen LogP contribution in [0.1, 0.15) is 5.56 Å². The van der Waals surface area contributed by atoms with E-state index in [1.54, 1.807) is 0 Å². The van der Waals surface area contributed by atoms with Crippen molar-refractivity contribution in [2.75, 3.05) is 0 Å². The maximum Gasteiger partial charge on any atom is 0.150 e. The van der Waals surface area contributed by atoms with E-state index < -0.39 is 0 Å². The van der Waals surface area contributed by atoms with Crippen molar-refractivity contribution in [3.05, 3.63) is 54.1 Å². The molecular weight excluding hydrogens is 337 g/mol. The van der Waals surface area contributed by atoms with E-state index >= 15 is 0 Å². The molecule has 4 heteroatoms. The highest BCUT2D eigenvalue weighted by Crippen LogP contribution is 2.27. The first-order valence-electron chi connectivity index (χ1n) is 5.44. The van der Waals surface area contributed by atoms with Gasteiger partial charge in [-0.05, 0) is 18.2 Å². The van der Waals surface area contributed by atoms with Crippen LogP contribution in [0.25, 0.3) is 22.4 Å². The molecule has 0 spiro atoms. The molecule has 0 saturated heterocycles. The number of imidazole rings is 1. The number of rotatable bonds is 1. The van der Waals surface area contributed by atoms with Crippen molar-refractivity contribution in [2.45, 2.75) is 0 Å². The van der Waals surface area contributed by atoms with E-state index in [2.05, 4.69) is 33.9 Å². The van der Waals surface area contributed by atoms with Crippen LogP contribution in [0.4, 0.5) is 0 Å². The second kappa shape index (κ2) is 4.42. The second-order valence-corrected chi connectivity index (χ2v) is 4.86. The summed E-state index contributed by atoms with van der Waals surface area (Å²) in [6, 6.07) is 17.7. The summed E-state index contributed by atoms with van der Waals surface area (Å²) in [5.41, 5.74) is 3.58. The fourth-order valence-corrected chi connectivity index (χ4v) is 2.68. The lowest BCUT2D eigenvalue weighted by Gasteiger charge is -1.99. The molecule has 0 bridgehead atoms. The first-order chi connectivity index (χ1) is 8.79. The van der Waals surface area contributed by atoms with Gasteiger partial charge in [0.25, 0.3) is 0 Å².